The lowest BCUT2D eigenvalue weighted by molar-refractivity contribution is -0.151. The first-order valence-electron chi connectivity index (χ1n) is 15.0. The minimum absolute atomic E-state index is 0.000926. The van der Waals surface area contributed by atoms with Crippen LogP contribution in [0, 0.1) is 12.7 Å². The first-order chi connectivity index (χ1) is 19.4. The first-order valence-corrected chi connectivity index (χ1v) is 15.0. The SMILES string of the molecule is CCCCCCCC(=O)OC1CCCn2c1nc(C)c(CCN1CCC(c3noc4cc(F)ccc34)CC1)c2=O. The third kappa shape index (κ3) is 6.45. The molecule has 2 aliphatic heterocycles. The summed E-state index contributed by atoms with van der Waals surface area (Å²) in [4.78, 5) is 33.1. The summed E-state index contributed by atoms with van der Waals surface area (Å²) in [6.45, 7) is 7.26. The number of likely N-dealkylation sites (tertiary alicyclic amines) is 1. The van der Waals surface area contributed by atoms with Crippen LogP contribution < -0.4 is 5.56 Å². The van der Waals surface area contributed by atoms with Crippen LogP contribution in [-0.4, -0.2) is 45.2 Å². The largest absolute Gasteiger partial charge is 0.454 e. The van der Waals surface area contributed by atoms with Crippen molar-refractivity contribution in [3.05, 3.63) is 57.1 Å². The van der Waals surface area contributed by atoms with Gasteiger partial charge in [-0.05, 0) is 70.7 Å². The number of nitrogens with zero attached hydrogens (tertiary/aromatic N) is 4. The third-order valence-electron chi connectivity index (χ3n) is 8.51. The van der Waals surface area contributed by atoms with Crippen LogP contribution in [0.5, 0.6) is 0 Å². The average Bonchev–Trinajstić information content (AvgIpc) is 3.36. The lowest BCUT2D eigenvalue weighted by atomic mass is 9.91. The van der Waals surface area contributed by atoms with Gasteiger partial charge in [-0.25, -0.2) is 9.37 Å². The summed E-state index contributed by atoms with van der Waals surface area (Å²) < 4.78 is 26.4. The van der Waals surface area contributed by atoms with Gasteiger partial charge in [0, 0.05) is 48.1 Å². The van der Waals surface area contributed by atoms with E-state index >= 15 is 0 Å². The second-order valence-corrected chi connectivity index (χ2v) is 11.3. The standard InChI is InChI=1S/C31H41FN4O4/c1-3-4-5-6-7-10-28(37)39-26-9-8-16-36-30(26)33-21(2)24(31(36)38)15-19-35-17-13-22(14-18-35)29-25-12-11-23(32)20-27(25)40-34-29/h11-12,20,22,26H,3-10,13-19H2,1-2H3. The van der Waals surface area contributed by atoms with E-state index in [1.807, 2.05) is 6.92 Å². The number of hydrogen-bond donors (Lipinski definition) is 0. The summed E-state index contributed by atoms with van der Waals surface area (Å²) in [6, 6.07) is 4.59. The lowest BCUT2D eigenvalue weighted by Crippen LogP contribution is -2.38. The van der Waals surface area contributed by atoms with Crippen LogP contribution in [0.3, 0.4) is 0 Å². The Kier molecular flexibility index (Phi) is 9.29. The zero-order valence-corrected chi connectivity index (χ0v) is 23.8. The van der Waals surface area contributed by atoms with E-state index in [4.69, 9.17) is 14.2 Å². The molecule has 2 aliphatic rings. The molecule has 0 amide bonds. The normalized spacial score (nSPS) is 18.2. The summed E-state index contributed by atoms with van der Waals surface area (Å²) in [5.41, 5.74) is 2.88. The van der Waals surface area contributed by atoms with E-state index in [9.17, 15) is 14.0 Å². The summed E-state index contributed by atoms with van der Waals surface area (Å²) in [5, 5.41) is 5.14. The predicted octanol–water partition coefficient (Wildman–Crippen LogP) is 5.99. The smallest absolute Gasteiger partial charge is 0.306 e. The molecule has 216 valence electrons. The van der Waals surface area contributed by atoms with E-state index in [-0.39, 0.29) is 23.3 Å². The van der Waals surface area contributed by atoms with Crippen molar-refractivity contribution in [2.24, 2.45) is 0 Å². The molecule has 3 aromatic rings. The van der Waals surface area contributed by atoms with Crippen molar-refractivity contribution >= 4 is 16.9 Å². The Morgan fingerprint density at radius 1 is 1.12 bits per heavy atom. The third-order valence-corrected chi connectivity index (χ3v) is 8.51. The molecule has 0 aliphatic carbocycles. The number of fused-ring (bicyclic) bond motifs is 2. The molecule has 0 radical (unpaired) electrons. The zero-order valence-electron chi connectivity index (χ0n) is 23.8. The number of piperidine rings is 1. The van der Waals surface area contributed by atoms with Crippen molar-refractivity contribution in [2.75, 3.05) is 19.6 Å². The van der Waals surface area contributed by atoms with Gasteiger partial charge in [0.2, 0.25) is 0 Å². The predicted molar refractivity (Wildman–Crippen MR) is 151 cm³/mol. The van der Waals surface area contributed by atoms with E-state index in [2.05, 4.69) is 17.0 Å². The highest BCUT2D eigenvalue weighted by Crippen LogP contribution is 2.33. The average molecular weight is 553 g/mol. The highest BCUT2D eigenvalue weighted by Gasteiger charge is 2.29. The number of rotatable bonds is 11. The number of unbranched alkanes of at least 4 members (excludes halogenated alkanes) is 4. The molecule has 0 bridgehead atoms. The molecule has 40 heavy (non-hydrogen) atoms. The van der Waals surface area contributed by atoms with E-state index in [0.29, 0.717) is 37.2 Å². The van der Waals surface area contributed by atoms with Crippen molar-refractivity contribution in [2.45, 2.75) is 103 Å². The van der Waals surface area contributed by atoms with Crippen LogP contribution in [0.1, 0.15) is 106 Å². The van der Waals surface area contributed by atoms with E-state index in [0.717, 1.165) is 80.5 Å². The van der Waals surface area contributed by atoms with Gasteiger partial charge >= 0.3 is 5.97 Å². The minimum Gasteiger partial charge on any atom is -0.454 e. The van der Waals surface area contributed by atoms with Gasteiger partial charge in [0.25, 0.3) is 5.56 Å². The van der Waals surface area contributed by atoms with Crippen molar-refractivity contribution < 1.29 is 18.4 Å². The summed E-state index contributed by atoms with van der Waals surface area (Å²) in [6.07, 6.45) is 9.39. The second-order valence-electron chi connectivity index (χ2n) is 11.3. The molecule has 0 N–H and O–H groups in total. The van der Waals surface area contributed by atoms with Gasteiger partial charge in [-0.1, -0.05) is 37.8 Å². The molecule has 1 saturated heterocycles. The summed E-state index contributed by atoms with van der Waals surface area (Å²) in [7, 11) is 0. The number of benzene rings is 1. The van der Waals surface area contributed by atoms with Crippen molar-refractivity contribution in [1.29, 1.82) is 0 Å². The maximum absolute atomic E-state index is 13.5. The lowest BCUT2D eigenvalue weighted by Gasteiger charge is -2.31. The molecule has 0 spiro atoms. The number of aryl methyl sites for hydroxylation is 1. The first kappa shape index (κ1) is 28.5. The van der Waals surface area contributed by atoms with Gasteiger partial charge in [-0.3, -0.25) is 14.2 Å². The Balaban J connectivity index is 1.16. The van der Waals surface area contributed by atoms with Crippen LogP contribution in [0.2, 0.25) is 0 Å². The van der Waals surface area contributed by atoms with Gasteiger partial charge in [0.05, 0.1) is 5.69 Å². The molecular weight excluding hydrogens is 511 g/mol. The molecule has 1 aromatic carbocycles. The number of esters is 1. The number of ether oxygens (including phenoxy) is 1. The topological polar surface area (TPSA) is 90.5 Å². The Hall–Kier alpha value is -3.07. The van der Waals surface area contributed by atoms with E-state index in [1.54, 1.807) is 10.6 Å². The fraction of sp³-hybridized carbons (Fsp3) is 0.613. The Morgan fingerprint density at radius 3 is 2.73 bits per heavy atom. The van der Waals surface area contributed by atoms with Gasteiger partial charge in [-0.2, -0.15) is 0 Å². The van der Waals surface area contributed by atoms with Crippen LogP contribution in [0.25, 0.3) is 11.0 Å². The number of hydrogen-bond acceptors (Lipinski definition) is 7. The maximum Gasteiger partial charge on any atom is 0.306 e. The summed E-state index contributed by atoms with van der Waals surface area (Å²) in [5.74, 6) is 0.354. The van der Waals surface area contributed by atoms with Crippen LogP contribution in [0.4, 0.5) is 4.39 Å². The molecule has 2 aromatic heterocycles. The van der Waals surface area contributed by atoms with Crippen LogP contribution in [-0.2, 0) is 22.5 Å². The molecule has 1 unspecified atom stereocenters. The van der Waals surface area contributed by atoms with Gasteiger partial charge in [-0.15, -0.1) is 0 Å². The van der Waals surface area contributed by atoms with Crippen molar-refractivity contribution in [3.8, 4) is 0 Å². The van der Waals surface area contributed by atoms with Crippen molar-refractivity contribution in [3.63, 3.8) is 0 Å². The molecule has 4 heterocycles. The molecule has 1 fully saturated rings. The highest BCUT2D eigenvalue weighted by molar-refractivity contribution is 5.79. The summed E-state index contributed by atoms with van der Waals surface area (Å²) >= 11 is 0. The number of halogens is 1. The Bertz CT molecular complexity index is 1380. The highest BCUT2D eigenvalue weighted by atomic mass is 19.1. The molecule has 0 saturated carbocycles. The minimum atomic E-state index is -0.444. The van der Waals surface area contributed by atoms with Crippen LogP contribution >= 0.6 is 0 Å². The van der Waals surface area contributed by atoms with Gasteiger partial charge < -0.3 is 14.2 Å². The second kappa shape index (κ2) is 13.1. The quantitative estimate of drug-likeness (QED) is 0.213. The van der Waals surface area contributed by atoms with Gasteiger partial charge in [0.15, 0.2) is 17.5 Å². The molecule has 9 heteroatoms. The monoisotopic (exact) mass is 552 g/mol. The van der Waals surface area contributed by atoms with Crippen molar-refractivity contribution in [1.82, 2.24) is 19.6 Å². The molecular formula is C31H41FN4O4. The fourth-order valence-electron chi connectivity index (χ4n) is 6.16. The van der Waals surface area contributed by atoms with Gasteiger partial charge in [0.1, 0.15) is 5.82 Å². The molecule has 8 nitrogen and oxygen atoms in total. The van der Waals surface area contributed by atoms with E-state index in [1.165, 1.54) is 25.0 Å². The number of carbonyl (C=O) groups is 1. The number of carbonyl (C=O) groups excluding carboxylic acids is 1. The zero-order chi connectivity index (χ0) is 28.1. The molecule has 1 atom stereocenters. The Labute approximate surface area is 234 Å². The fourth-order valence-corrected chi connectivity index (χ4v) is 6.16. The molecule has 5 rings (SSSR count). The number of aromatic nitrogens is 3. The maximum atomic E-state index is 13.5. The Morgan fingerprint density at radius 2 is 1.93 bits per heavy atom. The van der Waals surface area contributed by atoms with E-state index < -0.39 is 6.10 Å². The van der Waals surface area contributed by atoms with Crippen LogP contribution in [0.15, 0.2) is 27.5 Å².